The molecule has 2 saturated heterocycles. The number of hydrogen-bond donors (Lipinski definition) is 0. The van der Waals surface area contributed by atoms with Crippen molar-refractivity contribution in [2.24, 2.45) is 5.92 Å². The third kappa shape index (κ3) is 3.54. The first-order valence-corrected chi connectivity index (χ1v) is 9.50. The van der Waals surface area contributed by atoms with Crippen LogP contribution in [0.15, 0.2) is 24.4 Å². The van der Waals surface area contributed by atoms with Gasteiger partial charge < -0.3 is 4.90 Å². The number of carbonyl (C=O) groups excluding carboxylic acids is 1. The van der Waals surface area contributed by atoms with Gasteiger partial charge in [0.15, 0.2) is 5.65 Å². The summed E-state index contributed by atoms with van der Waals surface area (Å²) in [5, 5.41) is 8.67. The van der Waals surface area contributed by atoms with Crippen LogP contribution in [0.3, 0.4) is 0 Å². The summed E-state index contributed by atoms with van der Waals surface area (Å²) in [5.41, 5.74) is 0.912. The average Bonchev–Trinajstić information content (AvgIpc) is 3.07. The van der Waals surface area contributed by atoms with Crippen molar-refractivity contribution in [2.75, 3.05) is 32.7 Å². The molecule has 6 heteroatoms. The number of amides is 1. The fourth-order valence-corrected chi connectivity index (χ4v) is 4.04. The largest absolute Gasteiger partial charge is 0.342 e. The van der Waals surface area contributed by atoms with Crippen LogP contribution in [-0.2, 0) is 4.79 Å². The van der Waals surface area contributed by atoms with Gasteiger partial charge in [-0.25, -0.2) is 0 Å². The molecule has 2 aliphatic rings. The molecule has 25 heavy (non-hydrogen) atoms. The van der Waals surface area contributed by atoms with Crippen molar-refractivity contribution >= 4 is 11.6 Å². The summed E-state index contributed by atoms with van der Waals surface area (Å²) < 4.78 is 2.10. The summed E-state index contributed by atoms with van der Waals surface area (Å²) >= 11 is 0. The van der Waals surface area contributed by atoms with Gasteiger partial charge in [0.2, 0.25) is 5.91 Å². The Hall–Kier alpha value is -1.95. The first-order chi connectivity index (χ1) is 12.2. The highest BCUT2D eigenvalue weighted by molar-refractivity contribution is 5.78. The van der Waals surface area contributed by atoms with E-state index in [0.29, 0.717) is 18.4 Å². The SMILES string of the molecule is CC1CCN(C(=O)CN2CCC(c3nnc4ccccn34)CC2)CC1. The molecule has 2 fully saturated rings. The molecule has 0 bridgehead atoms. The molecule has 1 amide bonds. The van der Waals surface area contributed by atoms with E-state index >= 15 is 0 Å². The highest BCUT2D eigenvalue weighted by Gasteiger charge is 2.27. The van der Waals surface area contributed by atoms with E-state index < -0.39 is 0 Å². The number of nitrogens with zero attached hydrogens (tertiary/aromatic N) is 5. The molecule has 2 aromatic heterocycles. The van der Waals surface area contributed by atoms with Crippen molar-refractivity contribution in [2.45, 2.75) is 38.5 Å². The maximum atomic E-state index is 12.5. The van der Waals surface area contributed by atoms with Gasteiger partial charge in [-0.15, -0.1) is 10.2 Å². The summed E-state index contributed by atoms with van der Waals surface area (Å²) in [6.07, 6.45) is 6.42. The molecule has 0 atom stereocenters. The predicted molar refractivity (Wildman–Crippen MR) is 96.4 cm³/mol. The van der Waals surface area contributed by atoms with Gasteiger partial charge >= 0.3 is 0 Å². The zero-order chi connectivity index (χ0) is 17.2. The van der Waals surface area contributed by atoms with Crippen molar-refractivity contribution in [3.8, 4) is 0 Å². The minimum atomic E-state index is 0.304. The molecule has 0 radical (unpaired) electrons. The smallest absolute Gasteiger partial charge is 0.236 e. The van der Waals surface area contributed by atoms with Crippen LogP contribution in [0.5, 0.6) is 0 Å². The zero-order valence-electron chi connectivity index (χ0n) is 15.0. The summed E-state index contributed by atoms with van der Waals surface area (Å²) in [4.78, 5) is 16.9. The van der Waals surface area contributed by atoms with Gasteiger partial charge in [-0.1, -0.05) is 13.0 Å². The van der Waals surface area contributed by atoms with E-state index in [0.717, 1.165) is 69.3 Å². The number of aromatic nitrogens is 3. The molecule has 2 aliphatic heterocycles. The molecular weight excluding hydrogens is 314 g/mol. The Kier molecular flexibility index (Phi) is 4.70. The third-order valence-corrected chi connectivity index (χ3v) is 5.79. The summed E-state index contributed by atoms with van der Waals surface area (Å²) in [6, 6.07) is 6.00. The molecular formula is C19H27N5O. The van der Waals surface area contributed by atoms with Crippen LogP contribution in [0.1, 0.15) is 44.3 Å². The minimum absolute atomic E-state index is 0.304. The van der Waals surface area contributed by atoms with E-state index in [9.17, 15) is 4.79 Å². The second-order valence-electron chi connectivity index (χ2n) is 7.60. The summed E-state index contributed by atoms with van der Waals surface area (Å²) in [5.74, 6) is 2.56. The van der Waals surface area contributed by atoms with Gasteiger partial charge in [-0.3, -0.25) is 14.1 Å². The first-order valence-electron chi connectivity index (χ1n) is 9.50. The summed E-state index contributed by atoms with van der Waals surface area (Å²) in [6.45, 7) is 6.64. The second-order valence-corrected chi connectivity index (χ2v) is 7.60. The Morgan fingerprint density at radius 1 is 1.08 bits per heavy atom. The van der Waals surface area contributed by atoms with Crippen LogP contribution in [-0.4, -0.2) is 63.0 Å². The molecule has 2 aromatic rings. The fraction of sp³-hybridized carbons (Fsp3) is 0.632. The molecule has 0 unspecified atom stereocenters. The number of fused-ring (bicyclic) bond motifs is 1. The van der Waals surface area contributed by atoms with Gasteiger partial charge in [0.25, 0.3) is 0 Å². The zero-order valence-corrected chi connectivity index (χ0v) is 15.0. The van der Waals surface area contributed by atoms with Gasteiger partial charge in [0.1, 0.15) is 5.82 Å². The van der Waals surface area contributed by atoms with Gasteiger partial charge in [0, 0.05) is 25.2 Å². The first kappa shape index (κ1) is 16.5. The number of piperidine rings is 2. The lowest BCUT2D eigenvalue weighted by molar-refractivity contribution is -0.134. The maximum absolute atomic E-state index is 12.5. The van der Waals surface area contributed by atoms with E-state index in [2.05, 4.69) is 31.3 Å². The second kappa shape index (κ2) is 7.12. The van der Waals surface area contributed by atoms with E-state index in [1.165, 1.54) is 0 Å². The third-order valence-electron chi connectivity index (χ3n) is 5.79. The Morgan fingerprint density at radius 2 is 1.84 bits per heavy atom. The maximum Gasteiger partial charge on any atom is 0.236 e. The number of hydrogen-bond acceptors (Lipinski definition) is 4. The molecule has 4 heterocycles. The van der Waals surface area contributed by atoms with Crippen molar-refractivity contribution in [3.63, 3.8) is 0 Å². The lowest BCUT2D eigenvalue weighted by atomic mass is 9.95. The minimum Gasteiger partial charge on any atom is -0.342 e. The van der Waals surface area contributed by atoms with Gasteiger partial charge in [-0.2, -0.15) is 0 Å². The van der Waals surface area contributed by atoms with Crippen LogP contribution in [0.25, 0.3) is 5.65 Å². The lowest BCUT2D eigenvalue weighted by Gasteiger charge is -2.34. The Balaban J connectivity index is 1.32. The van der Waals surface area contributed by atoms with Crippen molar-refractivity contribution in [1.29, 1.82) is 0 Å². The van der Waals surface area contributed by atoms with E-state index in [4.69, 9.17) is 0 Å². The molecule has 0 spiro atoms. The quantitative estimate of drug-likeness (QED) is 0.858. The molecule has 0 aliphatic carbocycles. The van der Waals surface area contributed by atoms with E-state index in [1.807, 2.05) is 24.4 Å². The number of likely N-dealkylation sites (tertiary alicyclic amines) is 2. The lowest BCUT2D eigenvalue weighted by Crippen LogP contribution is -2.45. The predicted octanol–water partition coefficient (Wildman–Crippen LogP) is 2.17. The molecule has 0 aromatic carbocycles. The highest BCUT2D eigenvalue weighted by atomic mass is 16.2. The van der Waals surface area contributed by atoms with Crippen LogP contribution >= 0.6 is 0 Å². The van der Waals surface area contributed by atoms with Crippen molar-refractivity contribution in [1.82, 2.24) is 24.4 Å². The molecule has 0 saturated carbocycles. The van der Waals surface area contributed by atoms with Gasteiger partial charge in [-0.05, 0) is 56.8 Å². The summed E-state index contributed by atoms with van der Waals surface area (Å²) in [7, 11) is 0. The van der Waals surface area contributed by atoms with Crippen molar-refractivity contribution < 1.29 is 4.79 Å². The monoisotopic (exact) mass is 341 g/mol. The standard InChI is InChI=1S/C19H27N5O/c1-15-5-12-23(13-6-15)18(25)14-22-10-7-16(8-11-22)19-21-20-17-4-2-3-9-24(17)19/h2-4,9,15-16H,5-8,10-14H2,1H3. The Bertz CT molecular complexity index is 726. The average molecular weight is 341 g/mol. The van der Waals surface area contributed by atoms with Crippen LogP contribution in [0, 0.1) is 5.92 Å². The molecule has 6 nitrogen and oxygen atoms in total. The van der Waals surface area contributed by atoms with E-state index in [1.54, 1.807) is 0 Å². The number of pyridine rings is 1. The number of carbonyl (C=O) groups is 1. The normalized spacial score (nSPS) is 21.1. The Labute approximate surface area is 148 Å². The van der Waals surface area contributed by atoms with Crippen LogP contribution < -0.4 is 0 Å². The number of rotatable bonds is 3. The fourth-order valence-electron chi connectivity index (χ4n) is 4.04. The molecule has 134 valence electrons. The topological polar surface area (TPSA) is 53.7 Å². The highest BCUT2D eigenvalue weighted by Crippen LogP contribution is 2.27. The van der Waals surface area contributed by atoms with Crippen LogP contribution in [0.2, 0.25) is 0 Å². The molecule has 0 N–H and O–H groups in total. The Morgan fingerprint density at radius 3 is 2.60 bits per heavy atom. The van der Waals surface area contributed by atoms with Gasteiger partial charge in [0.05, 0.1) is 6.54 Å². The van der Waals surface area contributed by atoms with Crippen molar-refractivity contribution in [3.05, 3.63) is 30.2 Å². The van der Waals surface area contributed by atoms with Crippen LogP contribution in [0.4, 0.5) is 0 Å². The molecule has 4 rings (SSSR count). The van der Waals surface area contributed by atoms with E-state index in [-0.39, 0.29) is 0 Å².